The number of nitrogens with zero attached hydrogens (tertiary/aromatic N) is 4. The van der Waals surface area contributed by atoms with Crippen LogP contribution >= 0.6 is 0 Å². The van der Waals surface area contributed by atoms with Crippen LogP contribution in [0.3, 0.4) is 0 Å². The Hall–Kier alpha value is -3.84. The molecule has 4 atom stereocenters. The zero-order chi connectivity index (χ0) is 34.1. The number of aryl methyl sites for hydroxylation is 1. The van der Waals surface area contributed by atoms with E-state index in [0.717, 1.165) is 45.2 Å². The van der Waals surface area contributed by atoms with Crippen molar-refractivity contribution < 1.29 is 28.3 Å². The lowest BCUT2D eigenvalue weighted by Gasteiger charge is -2.36. The van der Waals surface area contributed by atoms with E-state index in [9.17, 15) is 19.2 Å². The second-order valence-electron chi connectivity index (χ2n) is 12.6. The Kier molecular flexibility index (Phi) is 12.9. The van der Waals surface area contributed by atoms with Gasteiger partial charge in [-0.25, -0.2) is 4.39 Å². The summed E-state index contributed by atoms with van der Waals surface area (Å²) < 4.78 is 23.4. The average Bonchev–Trinajstić information content (AvgIpc) is 3.56. The largest absolute Gasteiger partial charge is 0.373 e. The predicted octanol–water partition coefficient (Wildman–Crippen LogP) is 3.29. The molecule has 2 heterocycles. The second-order valence-corrected chi connectivity index (χ2v) is 12.6. The Morgan fingerprint density at radius 1 is 0.979 bits per heavy atom. The van der Waals surface area contributed by atoms with Crippen LogP contribution in [0, 0.1) is 5.82 Å². The summed E-state index contributed by atoms with van der Waals surface area (Å²) in [4.78, 5) is 56.8. The van der Waals surface area contributed by atoms with E-state index in [1.54, 1.807) is 37.8 Å². The third kappa shape index (κ3) is 9.38. The van der Waals surface area contributed by atoms with Crippen LogP contribution in [-0.2, 0) is 25.7 Å². The molecule has 1 aliphatic heterocycles. The molecule has 0 radical (unpaired) electrons. The lowest BCUT2D eigenvalue weighted by Crippen LogP contribution is -2.55. The molecule has 0 spiro atoms. The Labute approximate surface area is 276 Å². The van der Waals surface area contributed by atoms with Gasteiger partial charge in [0.05, 0.1) is 17.9 Å². The van der Waals surface area contributed by atoms with E-state index in [1.807, 2.05) is 14.0 Å². The number of amides is 4. The van der Waals surface area contributed by atoms with Crippen LogP contribution in [0.5, 0.6) is 0 Å². The fraction of sp³-hybridized carbons (Fsp3) is 0.618. The van der Waals surface area contributed by atoms with E-state index >= 15 is 4.39 Å². The molecule has 2 fully saturated rings. The summed E-state index contributed by atoms with van der Waals surface area (Å²) in [7, 11) is 1.99. The van der Waals surface area contributed by atoms with Crippen LogP contribution in [0.15, 0.2) is 30.5 Å². The number of benzene rings is 1. The van der Waals surface area contributed by atoms with Gasteiger partial charge in [0.2, 0.25) is 17.7 Å². The Morgan fingerprint density at radius 3 is 2.32 bits per heavy atom. The minimum absolute atomic E-state index is 0.0284. The molecule has 4 amide bonds. The first-order chi connectivity index (χ1) is 22.5. The van der Waals surface area contributed by atoms with Crippen LogP contribution < -0.4 is 16.0 Å². The summed E-state index contributed by atoms with van der Waals surface area (Å²) >= 11 is 0. The third-order valence-electron chi connectivity index (χ3n) is 9.24. The van der Waals surface area contributed by atoms with Gasteiger partial charge in [-0.05, 0) is 57.5 Å². The fourth-order valence-corrected chi connectivity index (χ4v) is 6.19. The van der Waals surface area contributed by atoms with E-state index in [2.05, 4.69) is 25.9 Å². The van der Waals surface area contributed by atoms with Crippen molar-refractivity contribution in [1.29, 1.82) is 0 Å². The maximum atomic E-state index is 15.7. The highest BCUT2D eigenvalue weighted by Gasteiger charge is 2.34. The van der Waals surface area contributed by atoms with E-state index in [-0.39, 0.29) is 30.0 Å². The van der Waals surface area contributed by atoms with Crippen molar-refractivity contribution in [2.45, 2.75) is 103 Å². The topological polar surface area (TPSA) is 138 Å². The summed E-state index contributed by atoms with van der Waals surface area (Å²) in [6, 6.07) is 3.94. The molecule has 2 aliphatic rings. The number of carbonyl (C=O) groups excluding carboxylic acids is 4. The van der Waals surface area contributed by atoms with Crippen LogP contribution in [0.4, 0.5) is 10.1 Å². The molecule has 2 aromatic rings. The number of carbonyl (C=O) groups is 4. The first-order valence-corrected chi connectivity index (χ1v) is 16.9. The number of piperazine rings is 1. The molecule has 0 bridgehead atoms. The molecule has 4 unspecified atom stereocenters. The quantitative estimate of drug-likeness (QED) is 0.301. The van der Waals surface area contributed by atoms with Crippen molar-refractivity contribution >= 4 is 29.3 Å². The summed E-state index contributed by atoms with van der Waals surface area (Å²) in [5, 5.41) is 12.4. The molecular weight excluding hydrogens is 605 g/mol. The van der Waals surface area contributed by atoms with Gasteiger partial charge < -0.3 is 30.5 Å². The standard InChI is InChI=1S/C34H50FN7O5/c1-6-29(43)38-30(34(46)41-19-17-40(5)18-20-41)22(3)24-13-14-27(26(35)21-24)37-33(45)31(23(4)47-25-11-9-8-10-12-25)39-32(44)28-15-16-36-42(28)7-2/h13-16,21-23,25,30-31H,6-12,17-20H2,1-5H3,(H,37,45)(H,38,43)(H,39,44). The highest BCUT2D eigenvalue weighted by Crippen LogP contribution is 2.27. The number of likely N-dealkylation sites (N-methyl/N-ethyl adjacent to an activating group) is 1. The van der Waals surface area contributed by atoms with E-state index in [1.165, 1.54) is 23.0 Å². The Morgan fingerprint density at radius 2 is 1.68 bits per heavy atom. The van der Waals surface area contributed by atoms with Crippen LogP contribution in [0.2, 0.25) is 0 Å². The number of hydrogen-bond donors (Lipinski definition) is 3. The Balaban J connectivity index is 1.52. The lowest BCUT2D eigenvalue weighted by molar-refractivity contribution is -0.138. The SMILES string of the molecule is CCC(=O)NC(C(=O)N1CCN(C)CC1)C(C)c1ccc(NC(=O)C(NC(=O)c2ccnn2CC)C(C)OC2CCCCC2)c(F)c1. The van der Waals surface area contributed by atoms with Gasteiger partial charge in [-0.3, -0.25) is 23.9 Å². The number of rotatable bonds is 13. The van der Waals surface area contributed by atoms with E-state index in [4.69, 9.17) is 4.74 Å². The monoisotopic (exact) mass is 655 g/mol. The van der Waals surface area contributed by atoms with Gasteiger partial charge in [0.25, 0.3) is 5.91 Å². The number of nitrogens with one attached hydrogen (secondary N) is 3. The summed E-state index contributed by atoms with van der Waals surface area (Å²) in [6.45, 7) is 10.1. The lowest BCUT2D eigenvalue weighted by atomic mass is 9.91. The second kappa shape index (κ2) is 16.8. The number of anilines is 1. The summed E-state index contributed by atoms with van der Waals surface area (Å²) in [5.74, 6) is -2.84. The molecule has 3 N–H and O–H groups in total. The van der Waals surface area contributed by atoms with Crippen molar-refractivity contribution in [3.8, 4) is 0 Å². The van der Waals surface area contributed by atoms with Crippen molar-refractivity contribution in [2.75, 3.05) is 38.5 Å². The Bertz CT molecular complexity index is 1390. The van der Waals surface area contributed by atoms with Gasteiger partial charge in [0, 0.05) is 51.3 Å². The zero-order valence-corrected chi connectivity index (χ0v) is 28.3. The number of halogens is 1. The first kappa shape index (κ1) is 36.0. The molecule has 258 valence electrons. The third-order valence-corrected chi connectivity index (χ3v) is 9.24. The molecule has 1 saturated heterocycles. The average molecular weight is 656 g/mol. The van der Waals surface area contributed by atoms with Crippen molar-refractivity contribution in [1.82, 2.24) is 30.2 Å². The van der Waals surface area contributed by atoms with Crippen molar-refractivity contribution in [3.05, 3.63) is 47.5 Å². The number of aromatic nitrogens is 2. The van der Waals surface area contributed by atoms with Crippen LogP contribution in [-0.4, -0.2) is 101 Å². The minimum Gasteiger partial charge on any atom is -0.373 e. The maximum absolute atomic E-state index is 15.7. The molecule has 47 heavy (non-hydrogen) atoms. The van der Waals surface area contributed by atoms with Gasteiger partial charge >= 0.3 is 0 Å². The molecule has 1 aromatic carbocycles. The first-order valence-electron chi connectivity index (χ1n) is 16.9. The highest BCUT2D eigenvalue weighted by molar-refractivity contribution is 6.01. The predicted molar refractivity (Wildman–Crippen MR) is 176 cm³/mol. The maximum Gasteiger partial charge on any atom is 0.270 e. The van der Waals surface area contributed by atoms with E-state index < -0.39 is 41.7 Å². The fourth-order valence-electron chi connectivity index (χ4n) is 6.19. The van der Waals surface area contributed by atoms with Crippen LogP contribution in [0.25, 0.3) is 0 Å². The summed E-state index contributed by atoms with van der Waals surface area (Å²) in [6.07, 6.45) is 5.97. The van der Waals surface area contributed by atoms with Gasteiger partial charge in [0.1, 0.15) is 23.6 Å². The van der Waals surface area contributed by atoms with Gasteiger partial charge in [-0.2, -0.15) is 5.10 Å². The molecule has 12 nitrogen and oxygen atoms in total. The molecule has 4 rings (SSSR count). The number of hydrogen-bond acceptors (Lipinski definition) is 7. The van der Waals surface area contributed by atoms with Crippen LogP contribution in [0.1, 0.15) is 88.2 Å². The molecule has 13 heteroatoms. The smallest absolute Gasteiger partial charge is 0.270 e. The zero-order valence-electron chi connectivity index (χ0n) is 28.3. The molecule has 1 aliphatic carbocycles. The number of ether oxygens (including phenoxy) is 1. The van der Waals surface area contributed by atoms with E-state index in [0.29, 0.717) is 30.9 Å². The van der Waals surface area contributed by atoms with Crippen molar-refractivity contribution in [2.24, 2.45) is 0 Å². The van der Waals surface area contributed by atoms with Gasteiger partial charge in [-0.1, -0.05) is 39.2 Å². The molecule has 1 aromatic heterocycles. The normalized spacial score (nSPS) is 18.6. The molecular formula is C34H50FN7O5. The van der Waals surface area contributed by atoms with Crippen molar-refractivity contribution in [3.63, 3.8) is 0 Å². The highest BCUT2D eigenvalue weighted by atomic mass is 19.1. The van der Waals surface area contributed by atoms with Gasteiger partial charge in [-0.15, -0.1) is 0 Å². The molecule has 1 saturated carbocycles. The van der Waals surface area contributed by atoms with Gasteiger partial charge in [0.15, 0.2) is 0 Å². The summed E-state index contributed by atoms with van der Waals surface area (Å²) in [5.41, 5.74) is 0.722. The minimum atomic E-state index is -1.11.